The van der Waals surface area contributed by atoms with Crippen molar-refractivity contribution in [2.24, 2.45) is 5.16 Å². The molecule has 0 aromatic carbocycles. The number of H-pyrrole nitrogens is 1. The highest BCUT2D eigenvalue weighted by Crippen LogP contribution is 2.26. The minimum Gasteiger partial charge on any atom is -0.449 e. The minimum absolute atomic E-state index is 0.329. The van der Waals surface area contributed by atoms with Gasteiger partial charge in [-0.15, -0.1) is 4.98 Å². The topological polar surface area (TPSA) is 83.1 Å². The molecule has 0 amide bonds. The maximum absolute atomic E-state index is 10.3. The summed E-state index contributed by atoms with van der Waals surface area (Å²) in [7, 11) is 0. The second kappa shape index (κ2) is 9.53. The first-order valence-electron chi connectivity index (χ1n) is 7.91. The fourth-order valence-corrected chi connectivity index (χ4v) is 2.43. The molecule has 6 nitrogen and oxygen atoms in total. The summed E-state index contributed by atoms with van der Waals surface area (Å²) in [6.45, 7) is 5.56. The van der Waals surface area contributed by atoms with Crippen LogP contribution in [-0.2, 0) is 0 Å². The third-order valence-electron chi connectivity index (χ3n) is 3.33. The van der Waals surface area contributed by atoms with Crippen molar-refractivity contribution in [3.8, 4) is 11.3 Å². The maximum Gasteiger partial charge on any atom is 0.490 e. The number of pyridine rings is 1. The van der Waals surface area contributed by atoms with E-state index in [-0.39, 0.29) is 0 Å². The second-order valence-corrected chi connectivity index (χ2v) is 5.96. The molecule has 2 heterocycles. The van der Waals surface area contributed by atoms with Crippen molar-refractivity contribution in [1.29, 1.82) is 0 Å². The van der Waals surface area contributed by atoms with Gasteiger partial charge in [0.15, 0.2) is 10.4 Å². The van der Waals surface area contributed by atoms with E-state index in [1.807, 2.05) is 13.0 Å². The van der Waals surface area contributed by atoms with E-state index in [0.717, 1.165) is 11.2 Å². The molecular weight excluding hydrogens is 398 g/mol. The van der Waals surface area contributed by atoms with E-state index in [4.69, 9.17) is 4.42 Å². The average molecular weight is 418 g/mol. The molecule has 0 unspecified atom stereocenters. The molecule has 0 fully saturated rings. The van der Waals surface area contributed by atoms with Crippen LogP contribution in [0.5, 0.6) is 0 Å². The quantitative estimate of drug-likeness (QED) is 0.228. The van der Waals surface area contributed by atoms with E-state index in [9.17, 15) is 10.4 Å². The van der Waals surface area contributed by atoms with E-state index in [1.54, 1.807) is 48.6 Å². The molecule has 2 rings (SSSR count). The average Bonchev–Trinajstić information content (AvgIpc) is 3.08. The van der Waals surface area contributed by atoms with Crippen LogP contribution >= 0.6 is 15.9 Å². The van der Waals surface area contributed by atoms with Gasteiger partial charge in [0.25, 0.3) is 0 Å². The highest BCUT2D eigenvalue weighted by atomic mass is 79.9. The Bertz CT molecular complexity index is 895. The van der Waals surface area contributed by atoms with Crippen LogP contribution in [0.1, 0.15) is 19.0 Å². The van der Waals surface area contributed by atoms with E-state index >= 15 is 0 Å². The SMILES string of the molecule is C=C/C=C\C=[N+](\O)c1cc(-c2ccc(Br)o2)cc(C(/C=C\CC)=N\O)[nH+]1. The molecule has 0 saturated carbocycles. The number of furan rings is 1. The molecule has 0 bridgehead atoms. The van der Waals surface area contributed by atoms with Crippen LogP contribution < -0.4 is 4.98 Å². The van der Waals surface area contributed by atoms with Gasteiger partial charge in [-0.3, -0.25) is 5.21 Å². The molecule has 134 valence electrons. The van der Waals surface area contributed by atoms with Crippen LogP contribution in [0.3, 0.4) is 0 Å². The number of allylic oxidation sites excluding steroid dienone is 5. The van der Waals surface area contributed by atoms with E-state index in [0.29, 0.717) is 33.2 Å². The number of aromatic amines is 1. The molecule has 2 aromatic heterocycles. The van der Waals surface area contributed by atoms with Crippen LogP contribution in [-0.4, -0.2) is 27.1 Å². The Balaban J connectivity index is 2.59. The van der Waals surface area contributed by atoms with Crippen molar-refractivity contribution >= 4 is 33.7 Å². The molecule has 0 aliphatic rings. The summed E-state index contributed by atoms with van der Waals surface area (Å²) >= 11 is 3.28. The standard InChI is InChI=1S/C19H18BrN3O3/c1-3-5-7-11-23(25)19-13-14(17-9-10-18(20)26-17)12-16(21-19)15(22-24)8-6-4-2/h3,5-13H,1,4H2,2H3,(H-,24,25)/p+2/b7-5-,8-6-,22-15-,23-11+. The predicted molar refractivity (Wildman–Crippen MR) is 103 cm³/mol. The van der Waals surface area contributed by atoms with E-state index < -0.39 is 0 Å². The zero-order valence-electron chi connectivity index (χ0n) is 14.3. The van der Waals surface area contributed by atoms with Crippen LogP contribution in [0.15, 0.2) is 75.5 Å². The zero-order valence-corrected chi connectivity index (χ0v) is 15.8. The Morgan fingerprint density at radius 2 is 2.19 bits per heavy atom. The summed E-state index contributed by atoms with van der Waals surface area (Å²) in [5.41, 5.74) is 1.54. The molecule has 0 aliphatic heterocycles. The van der Waals surface area contributed by atoms with Crippen molar-refractivity contribution in [2.45, 2.75) is 13.3 Å². The van der Waals surface area contributed by atoms with Gasteiger partial charge in [0.05, 0.1) is 10.8 Å². The summed E-state index contributed by atoms with van der Waals surface area (Å²) in [4.78, 5) is 3.04. The molecular formula is C19H20BrN3O3+2. The van der Waals surface area contributed by atoms with Crippen molar-refractivity contribution < 1.29 is 24.6 Å². The van der Waals surface area contributed by atoms with Gasteiger partial charge in [-0.2, -0.15) is 0 Å². The molecule has 7 heteroatoms. The molecule has 0 saturated heterocycles. The largest absolute Gasteiger partial charge is 0.490 e. The lowest BCUT2D eigenvalue weighted by molar-refractivity contribution is -0.751. The Kier molecular flexibility index (Phi) is 7.11. The fraction of sp³-hybridized carbons (Fsp3) is 0.105. The third-order valence-corrected chi connectivity index (χ3v) is 3.76. The number of nitrogens with zero attached hydrogens (tertiary/aromatic N) is 2. The van der Waals surface area contributed by atoms with Crippen LogP contribution in [0, 0.1) is 0 Å². The summed E-state index contributed by atoms with van der Waals surface area (Å²) in [6, 6.07) is 7.07. The predicted octanol–water partition coefficient (Wildman–Crippen LogP) is 4.51. The van der Waals surface area contributed by atoms with Gasteiger partial charge in [-0.05, 0) is 40.6 Å². The second-order valence-electron chi connectivity index (χ2n) is 5.18. The van der Waals surface area contributed by atoms with Crippen molar-refractivity contribution in [3.63, 3.8) is 0 Å². The van der Waals surface area contributed by atoms with Gasteiger partial charge in [0, 0.05) is 17.7 Å². The fourth-order valence-electron chi connectivity index (χ4n) is 2.12. The van der Waals surface area contributed by atoms with Gasteiger partial charge in [0.2, 0.25) is 11.9 Å². The Morgan fingerprint density at radius 1 is 1.38 bits per heavy atom. The summed E-state index contributed by atoms with van der Waals surface area (Å²) in [6.07, 6.45) is 10.7. The molecule has 0 radical (unpaired) electrons. The Morgan fingerprint density at radius 3 is 2.81 bits per heavy atom. The highest BCUT2D eigenvalue weighted by Gasteiger charge is 2.23. The van der Waals surface area contributed by atoms with Gasteiger partial charge >= 0.3 is 5.82 Å². The lowest BCUT2D eigenvalue weighted by Crippen LogP contribution is -2.22. The monoisotopic (exact) mass is 417 g/mol. The first-order chi connectivity index (χ1) is 12.6. The summed E-state index contributed by atoms with van der Waals surface area (Å²) in [5, 5.41) is 23.0. The number of nitrogens with one attached hydrogen (secondary N) is 1. The smallest absolute Gasteiger partial charge is 0.449 e. The summed E-state index contributed by atoms with van der Waals surface area (Å²) in [5.74, 6) is 0.963. The number of hydrogen-bond acceptors (Lipinski definition) is 4. The van der Waals surface area contributed by atoms with E-state index in [2.05, 4.69) is 32.6 Å². The number of hydrogen-bond donors (Lipinski definition) is 2. The number of aromatic nitrogens is 1. The van der Waals surface area contributed by atoms with Crippen molar-refractivity contribution in [1.82, 2.24) is 0 Å². The first-order valence-corrected chi connectivity index (χ1v) is 8.71. The number of rotatable bonds is 7. The minimum atomic E-state index is 0.329. The third kappa shape index (κ3) is 5.03. The first kappa shape index (κ1) is 19.4. The lowest BCUT2D eigenvalue weighted by Gasteiger charge is -1.98. The number of oxime groups is 1. The van der Waals surface area contributed by atoms with Crippen molar-refractivity contribution in [2.75, 3.05) is 0 Å². The Labute approximate surface area is 159 Å². The van der Waals surface area contributed by atoms with Crippen molar-refractivity contribution in [3.05, 3.63) is 71.6 Å². The zero-order chi connectivity index (χ0) is 18.9. The Hall–Kier alpha value is -2.93. The summed E-state index contributed by atoms with van der Waals surface area (Å²) < 4.78 is 7.11. The van der Waals surface area contributed by atoms with Crippen LogP contribution in [0.4, 0.5) is 5.82 Å². The molecule has 0 atom stereocenters. The highest BCUT2D eigenvalue weighted by molar-refractivity contribution is 9.10. The van der Waals surface area contributed by atoms with E-state index in [1.165, 1.54) is 6.21 Å². The molecule has 0 aliphatic carbocycles. The molecule has 2 aromatic rings. The van der Waals surface area contributed by atoms with Gasteiger partial charge < -0.3 is 9.62 Å². The molecule has 0 spiro atoms. The molecule has 3 N–H and O–H groups in total. The maximum atomic E-state index is 10.3. The van der Waals surface area contributed by atoms with Gasteiger partial charge in [-0.1, -0.05) is 36.9 Å². The van der Waals surface area contributed by atoms with Crippen LogP contribution in [0.25, 0.3) is 11.3 Å². The van der Waals surface area contributed by atoms with Gasteiger partial charge in [0.1, 0.15) is 5.76 Å². The normalized spacial score (nSPS) is 13.0. The molecule has 26 heavy (non-hydrogen) atoms. The van der Waals surface area contributed by atoms with Crippen LogP contribution in [0.2, 0.25) is 0 Å². The lowest BCUT2D eigenvalue weighted by atomic mass is 10.1. The number of halogens is 1. The van der Waals surface area contributed by atoms with Gasteiger partial charge in [-0.25, -0.2) is 0 Å².